The van der Waals surface area contributed by atoms with Gasteiger partial charge in [-0.25, -0.2) is 4.79 Å². The largest absolute Gasteiger partial charge is 0.460 e. The van der Waals surface area contributed by atoms with Crippen LogP contribution in [0.3, 0.4) is 0 Å². The van der Waals surface area contributed by atoms with E-state index in [1.165, 1.54) is 6.92 Å². The lowest BCUT2D eigenvalue weighted by Gasteiger charge is -1.93. The Morgan fingerprint density at radius 3 is 1.90 bits per heavy atom. The van der Waals surface area contributed by atoms with Gasteiger partial charge in [-0.3, -0.25) is 15.3 Å². The fourth-order valence-electron chi connectivity index (χ4n) is 0.233. The second-order valence-electron chi connectivity index (χ2n) is 1.28. The summed E-state index contributed by atoms with van der Waals surface area (Å²) in [6.45, 7) is 3.09. The van der Waals surface area contributed by atoms with Crippen LogP contribution in [0.4, 0.5) is 0 Å². The molecule has 0 aliphatic heterocycles. The molecule has 0 fully saturated rings. The van der Waals surface area contributed by atoms with Crippen LogP contribution in [-0.4, -0.2) is 28.9 Å². The van der Waals surface area contributed by atoms with E-state index in [9.17, 15) is 9.59 Å². The number of Topliss-reactive ketones (excluding diaryl/α,β-unsaturated/α-hetero) is 1. The average molecular weight is 150 g/mol. The minimum Gasteiger partial charge on any atom is -0.460 e. The van der Waals surface area contributed by atoms with Crippen LogP contribution in [0.1, 0.15) is 13.8 Å². The molecule has 0 aliphatic rings. The number of rotatable bonds is 2. The number of carbonyl (C=O) groups is 2. The summed E-state index contributed by atoms with van der Waals surface area (Å²) in [6.07, 6.45) is 0. The normalized spacial score (nSPS) is 7.20. The monoisotopic (exact) mass is 150 g/mol. The smallest absolute Gasteiger partial charge is 0.374 e. The molecule has 0 atom stereocenters. The SMILES string of the molecule is CCOC(=O)C(C)=O.OO. The van der Waals surface area contributed by atoms with E-state index in [0.29, 0.717) is 0 Å². The highest BCUT2D eigenvalue weighted by molar-refractivity contribution is 6.32. The van der Waals surface area contributed by atoms with E-state index >= 15 is 0 Å². The van der Waals surface area contributed by atoms with Gasteiger partial charge in [0.25, 0.3) is 0 Å². The zero-order valence-electron chi connectivity index (χ0n) is 5.83. The first-order valence-corrected chi connectivity index (χ1v) is 2.56. The molecule has 0 aromatic rings. The van der Waals surface area contributed by atoms with Crippen LogP contribution in [0.2, 0.25) is 0 Å². The number of carbonyl (C=O) groups excluding carboxylic acids is 2. The van der Waals surface area contributed by atoms with Crippen molar-refractivity contribution in [2.75, 3.05) is 6.61 Å². The quantitative estimate of drug-likeness (QED) is 0.253. The summed E-state index contributed by atoms with van der Waals surface area (Å²) in [4.78, 5) is 20.2. The lowest BCUT2D eigenvalue weighted by molar-refractivity contribution is -0.176. The molecule has 0 heterocycles. The number of ether oxygens (including phenoxy) is 1. The number of hydrogen-bond donors (Lipinski definition) is 2. The summed E-state index contributed by atoms with van der Waals surface area (Å²) >= 11 is 0. The number of ketones is 1. The Kier molecular flexibility index (Phi) is 9.52. The van der Waals surface area contributed by atoms with Gasteiger partial charge in [0.05, 0.1) is 6.61 Å². The maximum atomic E-state index is 10.2. The number of esters is 1. The lowest BCUT2D eigenvalue weighted by atomic mass is 10.5. The van der Waals surface area contributed by atoms with Gasteiger partial charge < -0.3 is 4.74 Å². The molecule has 0 bridgehead atoms. The molecule has 5 heteroatoms. The van der Waals surface area contributed by atoms with Gasteiger partial charge in [-0.15, -0.1) is 0 Å². The van der Waals surface area contributed by atoms with Crippen molar-refractivity contribution in [2.24, 2.45) is 0 Å². The van der Waals surface area contributed by atoms with Crippen LogP contribution in [0.25, 0.3) is 0 Å². The molecular weight excluding hydrogens is 140 g/mol. The van der Waals surface area contributed by atoms with Gasteiger partial charge in [-0.1, -0.05) is 0 Å². The van der Waals surface area contributed by atoms with E-state index in [4.69, 9.17) is 10.5 Å². The van der Waals surface area contributed by atoms with Gasteiger partial charge in [-0.05, 0) is 6.92 Å². The predicted octanol–water partition coefficient (Wildman–Crippen LogP) is 0.156. The van der Waals surface area contributed by atoms with E-state index in [0.717, 1.165) is 0 Å². The standard InChI is InChI=1S/C5H8O3.H2O2/c1-3-8-5(7)4(2)6;1-2/h3H2,1-2H3;1-2H. The second-order valence-corrected chi connectivity index (χ2v) is 1.28. The predicted molar refractivity (Wildman–Crippen MR) is 32.6 cm³/mol. The zero-order chi connectivity index (χ0) is 8.57. The highest BCUT2D eigenvalue weighted by atomic mass is 17.0. The number of hydrogen-bond acceptors (Lipinski definition) is 5. The Morgan fingerprint density at radius 2 is 1.80 bits per heavy atom. The summed E-state index contributed by atoms with van der Waals surface area (Å²) in [5.74, 6) is -1.31. The summed E-state index contributed by atoms with van der Waals surface area (Å²) in [5, 5.41) is 12.0. The molecule has 0 saturated heterocycles. The van der Waals surface area contributed by atoms with Crippen molar-refractivity contribution in [1.29, 1.82) is 0 Å². The Balaban J connectivity index is 0. The first-order chi connectivity index (χ1) is 4.68. The third kappa shape index (κ3) is 7.06. The molecule has 0 aliphatic carbocycles. The second kappa shape index (κ2) is 8.06. The van der Waals surface area contributed by atoms with E-state index in [-0.39, 0.29) is 6.61 Å². The fraction of sp³-hybridized carbons (Fsp3) is 0.600. The Bertz CT molecular complexity index is 109. The van der Waals surface area contributed by atoms with Crippen LogP contribution >= 0.6 is 0 Å². The minimum absolute atomic E-state index is 0.262. The van der Waals surface area contributed by atoms with Gasteiger partial charge in [0.2, 0.25) is 5.78 Å². The molecular formula is C5H10O5. The zero-order valence-corrected chi connectivity index (χ0v) is 5.83. The van der Waals surface area contributed by atoms with Gasteiger partial charge in [0.15, 0.2) is 0 Å². The van der Waals surface area contributed by atoms with E-state index in [1.54, 1.807) is 6.92 Å². The molecule has 0 rings (SSSR count). The fourth-order valence-corrected chi connectivity index (χ4v) is 0.233. The molecule has 0 radical (unpaired) electrons. The Hall–Kier alpha value is -0.940. The minimum atomic E-state index is -0.757. The molecule has 5 nitrogen and oxygen atoms in total. The Morgan fingerprint density at radius 1 is 1.40 bits per heavy atom. The third-order valence-electron chi connectivity index (χ3n) is 0.563. The molecule has 0 spiro atoms. The molecule has 0 aromatic carbocycles. The topological polar surface area (TPSA) is 83.8 Å². The molecule has 60 valence electrons. The van der Waals surface area contributed by atoms with Crippen molar-refractivity contribution in [3.05, 3.63) is 0 Å². The van der Waals surface area contributed by atoms with Gasteiger partial charge in [0, 0.05) is 6.92 Å². The van der Waals surface area contributed by atoms with Crippen molar-refractivity contribution in [3.63, 3.8) is 0 Å². The van der Waals surface area contributed by atoms with Gasteiger partial charge >= 0.3 is 5.97 Å². The van der Waals surface area contributed by atoms with Crippen LogP contribution in [0.15, 0.2) is 0 Å². The van der Waals surface area contributed by atoms with Crippen molar-refractivity contribution in [1.82, 2.24) is 0 Å². The van der Waals surface area contributed by atoms with E-state index < -0.39 is 11.8 Å². The van der Waals surface area contributed by atoms with Crippen molar-refractivity contribution >= 4 is 11.8 Å². The van der Waals surface area contributed by atoms with Crippen molar-refractivity contribution in [2.45, 2.75) is 13.8 Å². The lowest BCUT2D eigenvalue weighted by Crippen LogP contribution is -2.12. The summed E-state index contributed by atoms with van der Waals surface area (Å²) in [5.41, 5.74) is 0. The first kappa shape index (κ1) is 11.8. The third-order valence-corrected chi connectivity index (χ3v) is 0.563. The average Bonchev–Trinajstić information content (AvgIpc) is 1.93. The van der Waals surface area contributed by atoms with Crippen LogP contribution in [0.5, 0.6) is 0 Å². The van der Waals surface area contributed by atoms with Crippen LogP contribution in [-0.2, 0) is 14.3 Å². The first-order valence-electron chi connectivity index (χ1n) is 2.56. The maximum Gasteiger partial charge on any atom is 0.374 e. The van der Waals surface area contributed by atoms with Crippen LogP contribution < -0.4 is 0 Å². The molecule has 0 amide bonds. The molecule has 0 aromatic heterocycles. The van der Waals surface area contributed by atoms with Crippen molar-refractivity contribution < 1.29 is 24.8 Å². The summed E-state index contributed by atoms with van der Waals surface area (Å²) in [6, 6.07) is 0. The summed E-state index contributed by atoms with van der Waals surface area (Å²) in [7, 11) is 0. The van der Waals surface area contributed by atoms with Gasteiger partial charge in [-0.2, -0.15) is 0 Å². The van der Waals surface area contributed by atoms with Gasteiger partial charge in [0.1, 0.15) is 0 Å². The molecule has 2 N–H and O–H groups in total. The highest BCUT2D eigenvalue weighted by Gasteiger charge is 2.05. The molecule has 10 heavy (non-hydrogen) atoms. The van der Waals surface area contributed by atoms with E-state index in [1.807, 2.05) is 0 Å². The molecule has 0 unspecified atom stereocenters. The molecule has 0 saturated carbocycles. The Labute approximate surface area is 58.2 Å². The highest BCUT2D eigenvalue weighted by Crippen LogP contribution is 1.77. The van der Waals surface area contributed by atoms with Crippen molar-refractivity contribution in [3.8, 4) is 0 Å². The van der Waals surface area contributed by atoms with E-state index in [2.05, 4.69) is 4.74 Å². The maximum absolute atomic E-state index is 10.2. The summed E-state index contributed by atoms with van der Waals surface area (Å²) < 4.78 is 4.31. The van der Waals surface area contributed by atoms with Crippen LogP contribution in [0, 0.1) is 0 Å².